The summed E-state index contributed by atoms with van der Waals surface area (Å²) in [6.45, 7) is 4.06. The first-order valence-electron chi connectivity index (χ1n) is 6.43. The van der Waals surface area contributed by atoms with Crippen molar-refractivity contribution < 1.29 is 9.90 Å². The van der Waals surface area contributed by atoms with Crippen LogP contribution in [0.25, 0.3) is 0 Å². The maximum atomic E-state index is 11.6. The molecule has 2 N–H and O–H groups in total. The van der Waals surface area contributed by atoms with E-state index >= 15 is 0 Å². The van der Waals surface area contributed by atoms with Crippen LogP contribution in [0.15, 0.2) is 18.2 Å². The van der Waals surface area contributed by atoms with Crippen LogP contribution in [-0.2, 0) is 11.2 Å². The second-order valence-electron chi connectivity index (χ2n) is 4.97. The molecule has 104 valence electrons. The first-order valence-corrected chi connectivity index (χ1v) is 6.97. The van der Waals surface area contributed by atoms with Gasteiger partial charge >= 0.3 is 0 Å². The standard InChI is InChI=1S/C14H19ClN2O2/c1-9-5-11-6-12(16-8-13(19)7-15)3-4-14(11)17(9)10(2)18/h3-4,6,9,13,16,19H,5,7-8H2,1-2H3. The predicted octanol–water partition coefficient (Wildman–Crippen LogP) is 2.00. The summed E-state index contributed by atoms with van der Waals surface area (Å²) in [6, 6.07) is 6.12. The van der Waals surface area contributed by atoms with Gasteiger partial charge in [0, 0.05) is 30.9 Å². The van der Waals surface area contributed by atoms with Gasteiger partial charge in [-0.05, 0) is 37.1 Å². The molecule has 0 spiro atoms. The van der Waals surface area contributed by atoms with Gasteiger partial charge in [-0.1, -0.05) is 0 Å². The molecule has 0 saturated heterocycles. The van der Waals surface area contributed by atoms with Crippen molar-refractivity contribution in [3.63, 3.8) is 0 Å². The monoisotopic (exact) mass is 282 g/mol. The highest BCUT2D eigenvalue weighted by Crippen LogP contribution is 2.34. The van der Waals surface area contributed by atoms with E-state index in [1.807, 2.05) is 30.0 Å². The molecular formula is C14H19ClN2O2. The van der Waals surface area contributed by atoms with Gasteiger partial charge < -0.3 is 15.3 Å². The van der Waals surface area contributed by atoms with E-state index < -0.39 is 6.10 Å². The fourth-order valence-corrected chi connectivity index (χ4v) is 2.62. The fraction of sp³-hybridized carbons (Fsp3) is 0.500. The zero-order valence-corrected chi connectivity index (χ0v) is 11.9. The summed E-state index contributed by atoms with van der Waals surface area (Å²) in [6.07, 6.45) is 0.310. The number of nitrogens with zero attached hydrogens (tertiary/aromatic N) is 1. The molecule has 0 fully saturated rings. The lowest BCUT2D eigenvalue weighted by molar-refractivity contribution is -0.116. The van der Waals surface area contributed by atoms with Crippen molar-refractivity contribution >= 4 is 28.9 Å². The van der Waals surface area contributed by atoms with E-state index in [0.717, 1.165) is 23.4 Å². The van der Waals surface area contributed by atoms with Gasteiger partial charge in [0.1, 0.15) is 0 Å². The average Bonchev–Trinajstić information content (AvgIpc) is 2.70. The smallest absolute Gasteiger partial charge is 0.224 e. The van der Waals surface area contributed by atoms with E-state index in [-0.39, 0.29) is 17.8 Å². The molecule has 1 aliphatic rings. The third kappa shape index (κ3) is 3.01. The molecule has 4 nitrogen and oxygen atoms in total. The molecule has 1 aliphatic heterocycles. The number of hydrogen-bond acceptors (Lipinski definition) is 3. The lowest BCUT2D eigenvalue weighted by Crippen LogP contribution is -2.33. The molecule has 1 amide bonds. The normalized spacial score (nSPS) is 19.2. The SMILES string of the molecule is CC(=O)N1c2ccc(NCC(O)CCl)cc2CC1C. The van der Waals surface area contributed by atoms with Crippen LogP contribution in [0.2, 0.25) is 0 Å². The number of fused-ring (bicyclic) bond motifs is 1. The third-order valence-corrected chi connectivity index (χ3v) is 3.71. The van der Waals surface area contributed by atoms with Crippen molar-refractivity contribution in [2.75, 3.05) is 22.6 Å². The molecule has 19 heavy (non-hydrogen) atoms. The molecule has 0 aromatic heterocycles. The minimum absolute atomic E-state index is 0.0736. The van der Waals surface area contributed by atoms with E-state index in [1.165, 1.54) is 0 Å². The van der Waals surface area contributed by atoms with Crippen LogP contribution in [0.1, 0.15) is 19.4 Å². The Morgan fingerprint density at radius 2 is 2.37 bits per heavy atom. The molecule has 1 aromatic carbocycles. The Hall–Kier alpha value is -1.26. The molecule has 5 heteroatoms. The molecule has 0 bridgehead atoms. The number of aliphatic hydroxyl groups excluding tert-OH is 1. The van der Waals surface area contributed by atoms with Crippen LogP contribution in [0.5, 0.6) is 0 Å². The van der Waals surface area contributed by atoms with Gasteiger partial charge in [0.2, 0.25) is 5.91 Å². The van der Waals surface area contributed by atoms with E-state index in [0.29, 0.717) is 6.54 Å². The van der Waals surface area contributed by atoms with Gasteiger partial charge in [0.15, 0.2) is 0 Å². The third-order valence-electron chi connectivity index (χ3n) is 3.35. The maximum absolute atomic E-state index is 11.6. The van der Waals surface area contributed by atoms with Gasteiger partial charge in [-0.15, -0.1) is 11.6 Å². The number of aliphatic hydroxyl groups is 1. The predicted molar refractivity (Wildman–Crippen MR) is 78.0 cm³/mol. The van der Waals surface area contributed by atoms with E-state index in [1.54, 1.807) is 6.92 Å². The Morgan fingerprint density at radius 1 is 1.63 bits per heavy atom. The highest BCUT2D eigenvalue weighted by Gasteiger charge is 2.28. The number of halogens is 1. The molecule has 0 radical (unpaired) electrons. The largest absolute Gasteiger partial charge is 0.390 e. The molecule has 0 aliphatic carbocycles. The molecule has 1 heterocycles. The number of amides is 1. The maximum Gasteiger partial charge on any atom is 0.224 e. The Bertz CT molecular complexity index is 479. The topological polar surface area (TPSA) is 52.6 Å². The first kappa shape index (κ1) is 14.2. The van der Waals surface area contributed by atoms with E-state index in [9.17, 15) is 9.90 Å². The molecule has 0 saturated carbocycles. The van der Waals surface area contributed by atoms with Crippen molar-refractivity contribution in [1.29, 1.82) is 0 Å². The van der Waals surface area contributed by atoms with E-state index in [4.69, 9.17) is 11.6 Å². The minimum Gasteiger partial charge on any atom is -0.390 e. The van der Waals surface area contributed by atoms with Gasteiger partial charge in [-0.25, -0.2) is 0 Å². The lowest BCUT2D eigenvalue weighted by Gasteiger charge is -2.20. The Morgan fingerprint density at radius 3 is 3.00 bits per heavy atom. The van der Waals surface area contributed by atoms with Gasteiger partial charge in [0.05, 0.1) is 12.0 Å². The average molecular weight is 283 g/mol. The van der Waals surface area contributed by atoms with Gasteiger partial charge in [-0.2, -0.15) is 0 Å². The summed E-state index contributed by atoms with van der Waals surface area (Å²) in [5, 5.41) is 12.6. The quantitative estimate of drug-likeness (QED) is 0.831. The number of nitrogens with one attached hydrogen (secondary N) is 1. The fourth-order valence-electron chi connectivity index (χ4n) is 2.51. The van der Waals surface area contributed by atoms with Crippen LogP contribution < -0.4 is 10.2 Å². The van der Waals surface area contributed by atoms with Crippen molar-refractivity contribution in [3.05, 3.63) is 23.8 Å². The van der Waals surface area contributed by atoms with Crippen LogP contribution >= 0.6 is 11.6 Å². The van der Waals surface area contributed by atoms with Crippen molar-refractivity contribution in [2.24, 2.45) is 0 Å². The number of hydrogen-bond donors (Lipinski definition) is 2. The highest BCUT2D eigenvalue weighted by molar-refractivity contribution is 6.18. The zero-order chi connectivity index (χ0) is 14.0. The second-order valence-corrected chi connectivity index (χ2v) is 5.28. The summed E-state index contributed by atoms with van der Waals surface area (Å²) in [5.41, 5.74) is 3.09. The van der Waals surface area contributed by atoms with Crippen LogP contribution in [0, 0.1) is 0 Å². The van der Waals surface area contributed by atoms with Crippen molar-refractivity contribution in [3.8, 4) is 0 Å². The summed E-state index contributed by atoms with van der Waals surface area (Å²) < 4.78 is 0. The summed E-state index contributed by atoms with van der Waals surface area (Å²) in [7, 11) is 0. The summed E-state index contributed by atoms with van der Waals surface area (Å²) >= 11 is 5.55. The number of alkyl halides is 1. The lowest BCUT2D eigenvalue weighted by atomic mass is 10.1. The molecule has 2 rings (SSSR count). The number of carbonyl (C=O) groups excluding carboxylic acids is 1. The zero-order valence-electron chi connectivity index (χ0n) is 11.2. The first-order chi connectivity index (χ1) is 9.02. The number of carbonyl (C=O) groups is 1. The molecule has 2 atom stereocenters. The molecule has 2 unspecified atom stereocenters. The summed E-state index contributed by atoms with van der Waals surface area (Å²) in [5.74, 6) is 0.289. The number of rotatable bonds is 4. The number of anilines is 2. The molecular weight excluding hydrogens is 264 g/mol. The van der Waals surface area contributed by atoms with Crippen molar-refractivity contribution in [1.82, 2.24) is 0 Å². The molecule has 1 aromatic rings. The van der Waals surface area contributed by atoms with Gasteiger partial charge in [0.25, 0.3) is 0 Å². The summed E-state index contributed by atoms with van der Waals surface area (Å²) in [4.78, 5) is 13.4. The van der Waals surface area contributed by atoms with Gasteiger partial charge in [-0.3, -0.25) is 4.79 Å². The Kier molecular flexibility index (Phi) is 4.32. The van der Waals surface area contributed by atoms with Crippen LogP contribution in [0.3, 0.4) is 0 Å². The second kappa shape index (κ2) is 5.80. The minimum atomic E-state index is -0.553. The number of benzene rings is 1. The van der Waals surface area contributed by atoms with Crippen molar-refractivity contribution in [2.45, 2.75) is 32.4 Å². The van der Waals surface area contributed by atoms with Crippen LogP contribution in [-0.4, -0.2) is 35.6 Å². The van der Waals surface area contributed by atoms with Crippen LogP contribution in [0.4, 0.5) is 11.4 Å². The highest BCUT2D eigenvalue weighted by atomic mass is 35.5. The Labute approximate surface area is 118 Å². The Balaban J connectivity index is 2.13. The van der Waals surface area contributed by atoms with E-state index in [2.05, 4.69) is 5.32 Å².